The maximum atomic E-state index is 11.7. The van der Waals surface area contributed by atoms with E-state index in [0.717, 1.165) is 0 Å². The molecule has 0 spiro atoms. The summed E-state index contributed by atoms with van der Waals surface area (Å²) in [5.41, 5.74) is 0.765. The van der Waals surface area contributed by atoms with Crippen molar-refractivity contribution in [3.8, 4) is 11.5 Å². The first-order valence-corrected chi connectivity index (χ1v) is 8.53. The molecular formula is C20H18O6. The molecule has 1 saturated carbocycles. The summed E-state index contributed by atoms with van der Waals surface area (Å²) < 4.78 is 12.0. The lowest BCUT2D eigenvalue weighted by Crippen LogP contribution is -2.45. The first-order valence-electron chi connectivity index (χ1n) is 8.53. The number of carboxylic acid groups (broad SMARTS) is 2. The summed E-state index contributed by atoms with van der Waals surface area (Å²) in [5, 5.41) is 19.0. The summed E-state index contributed by atoms with van der Waals surface area (Å²) in [6, 6.07) is 14.3. The molecule has 2 N–H and O–H groups in total. The van der Waals surface area contributed by atoms with Crippen LogP contribution in [0.5, 0.6) is 11.5 Å². The smallest absolute Gasteiger partial charge is 0.339 e. The third-order valence-corrected chi connectivity index (χ3v) is 5.15. The van der Waals surface area contributed by atoms with Crippen LogP contribution in [-0.2, 0) is 4.79 Å². The molecule has 2 aliphatic rings. The largest absolute Gasteiger partial charge is 0.490 e. The van der Waals surface area contributed by atoms with Crippen molar-refractivity contribution < 1.29 is 29.3 Å². The average molecular weight is 354 g/mol. The molecule has 134 valence electrons. The van der Waals surface area contributed by atoms with E-state index in [1.165, 1.54) is 6.07 Å². The number of para-hydroxylation sites is 2. The first-order chi connectivity index (χ1) is 12.6. The Bertz CT molecular complexity index is 847. The van der Waals surface area contributed by atoms with Gasteiger partial charge in [-0.05, 0) is 31.0 Å². The number of rotatable bonds is 4. The van der Waals surface area contributed by atoms with E-state index in [2.05, 4.69) is 0 Å². The molecule has 1 aliphatic heterocycles. The molecule has 6 nitrogen and oxygen atoms in total. The Morgan fingerprint density at radius 2 is 1.77 bits per heavy atom. The third kappa shape index (κ3) is 2.67. The minimum atomic E-state index is -1.09. The van der Waals surface area contributed by atoms with Crippen LogP contribution in [0.1, 0.15) is 34.7 Å². The summed E-state index contributed by atoms with van der Waals surface area (Å²) >= 11 is 0. The molecule has 0 bridgehead atoms. The fourth-order valence-corrected chi connectivity index (χ4v) is 4.01. The van der Waals surface area contributed by atoms with E-state index in [1.807, 2.05) is 30.3 Å². The molecule has 4 atom stereocenters. The van der Waals surface area contributed by atoms with Gasteiger partial charge in [0.2, 0.25) is 0 Å². The van der Waals surface area contributed by atoms with Crippen molar-refractivity contribution in [2.24, 2.45) is 5.92 Å². The highest BCUT2D eigenvalue weighted by Gasteiger charge is 2.51. The first kappa shape index (κ1) is 16.4. The topological polar surface area (TPSA) is 93.1 Å². The SMILES string of the molecule is O=C(O)c1cccc2c1OC1C2C(Oc2ccccc2)CC[C@H]1C(=O)O. The van der Waals surface area contributed by atoms with E-state index < -0.39 is 24.0 Å². The maximum Gasteiger partial charge on any atom is 0.339 e. The number of aromatic carboxylic acids is 1. The van der Waals surface area contributed by atoms with Crippen molar-refractivity contribution in [1.82, 2.24) is 0 Å². The highest BCUT2D eigenvalue weighted by molar-refractivity contribution is 5.92. The standard InChI is InChI=1S/C20H18O6/c21-19(22)13-8-4-7-12-16-15(25-11-5-2-1-3-6-11)10-9-14(20(23)24)18(16)26-17(12)13/h1-8,14-16,18H,9-10H2,(H,21,22)(H,23,24)/t14-,15?,16?,18?/m1/s1. The van der Waals surface area contributed by atoms with Crippen LogP contribution < -0.4 is 9.47 Å². The lowest BCUT2D eigenvalue weighted by molar-refractivity contribution is -0.147. The third-order valence-electron chi connectivity index (χ3n) is 5.15. The van der Waals surface area contributed by atoms with Crippen molar-refractivity contribution in [2.75, 3.05) is 0 Å². The Labute approximate surface area is 150 Å². The summed E-state index contributed by atoms with van der Waals surface area (Å²) in [4.78, 5) is 23.2. The van der Waals surface area contributed by atoms with Crippen LogP contribution in [0, 0.1) is 5.92 Å². The lowest BCUT2D eigenvalue weighted by Gasteiger charge is -2.36. The van der Waals surface area contributed by atoms with Crippen molar-refractivity contribution in [2.45, 2.75) is 31.0 Å². The molecule has 6 heteroatoms. The highest BCUT2D eigenvalue weighted by Crippen LogP contribution is 2.50. The van der Waals surface area contributed by atoms with Crippen LogP contribution in [0.2, 0.25) is 0 Å². The van der Waals surface area contributed by atoms with Crippen LogP contribution in [0.15, 0.2) is 48.5 Å². The number of fused-ring (bicyclic) bond motifs is 3. The van der Waals surface area contributed by atoms with Crippen LogP contribution in [-0.4, -0.2) is 34.4 Å². The van der Waals surface area contributed by atoms with Gasteiger partial charge in [-0.25, -0.2) is 4.79 Å². The molecule has 0 amide bonds. The molecule has 0 saturated heterocycles. The maximum absolute atomic E-state index is 11.7. The van der Waals surface area contributed by atoms with Crippen LogP contribution in [0.3, 0.4) is 0 Å². The number of aliphatic carboxylic acids is 1. The monoisotopic (exact) mass is 354 g/mol. The Morgan fingerprint density at radius 3 is 2.46 bits per heavy atom. The van der Waals surface area contributed by atoms with Gasteiger partial charge in [0.25, 0.3) is 0 Å². The summed E-state index contributed by atoms with van der Waals surface area (Å²) in [5.74, 6) is -2.06. The number of carboxylic acids is 2. The predicted molar refractivity (Wildman–Crippen MR) is 91.8 cm³/mol. The zero-order valence-electron chi connectivity index (χ0n) is 13.9. The molecule has 3 unspecified atom stereocenters. The number of carbonyl (C=O) groups is 2. The van der Waals surface area contributed by atoms with Crippen LogP contribution in [0.25, 0.3) is 0 Å². The Balaban J connectivity index is 1.74. The molecule has 0 aromatic heterocycles. The number of benzene rings is 2. The number of hydrogen-bond donors (Lipinski definition) is 2. The van der Waals surface area contributed by atoms with Crippen molar-refractivity contribution in [1.29, 1.82) is 0 Å². The molecule has 1 heterocycles. The second-order valence-electron chi connectivity index (χ2n) is 6.63. The molecule has 2 aromatic carbocycles. The lowest BCUT2D eigenvalue weighted by atomic mass is 9.74. The quantitative estimate of drug-likeness (QED) is 0.876. The van der Waals surface area contributed by atoms with Gasteiger partial charge < -0.3 is 19.7 Å². The second kappa shape index (κ2) is 6.37. The fourth-order valence-electron chi connectivity index (χ4n) is 4.01. The van der Waals surface area contributed by atoms with Crippen LogP contribution >= 0.6 is 0 Å². The van der Waals surface area contributed by atoms with Gasteiger partial charge in [-0.2, -0.15) is 0 Å². The van der Waals surface area contributed by atoms with Crippen molar-refractivity contribution in [3.63, 3.8) is 0 Å². The summed E-state index contributed by atoms with van der Waals surface area (Å²) in [6.45, 7) is 0. The minimum Gasteiger partial charge on any atom is -0.490 e. The zero-order valence-corrected chi connectivity index (χ0v) is 13.9. The van der Waals surface area contributed by atoms with E-state index in [-0.39, 0.29) is 23.3 Å². The van der Waals surface area contributed by atoms with Gasteiger partial charge in [-0.3, -0.25) is 4.79 Å². The predicted octanol–water partition coefficient (Wildman–Crippen LogP) is 3.17. The molecule has 1 fully saturated rings. The van der Waals surface area contributed by atoms with E-state index >= 15 is 0 Å². The summed E-state index contributed by atoms with van der Waals surface area (Å²) in [7, 11) is 0. The number of ether oxygens (including phenoxy) is 2. The Kier molecular flexibility index (Phi) is 4.03. The molecule has 2 aromatic rings. The average Bonchev–Trinajstić information content (AvgIpc) is 3.02. The van der Waals surface area contributed by atoms with Crippen LogP contribution in [0.4, 0.5) is 0 Å². The van der Waals surface area contributed by atoms with Gasteiger partial charge in [0.1, 0.15) is 29.3 Å². The fraction of sp³-hybridized carbons (Fsp3) is 0.300. The molecular weight excluding hydrogens is 336 g/mol. The summed E-state index contributed by atoms with van der Waals surface area (Å²) in [6.07, 6.45) is 0.0751. The van der Waals surface area contributed by atoms with Gasteiger partial charge in [0.15, 0.2) is 0 Å². The van der Waals surface area contributed by atoms with E-state index in [9.17, 15) is 19.8 Å². The van der Waals surface area contributed by atoms with E-state index in [4.69, 9.17) is 9.47 Å². The highest BCUT2D eigenvalue weighted by atomic mass is 16.5. The second-order valence-corrected chi connectivity index (χ2v) is 6.63. The van der Waals surface area contributed by atoms with E-state index in [0.29, 0.717) is 24.2 Å². The van der Waals surface area contributed by atoms with Gasteiger partial charge in [-0.15, -0.1) is 0 Å². The van der Waals surface area contributed by atoms with E-state index in [1.54, 1.807) is 12.1 Å². The van der Waals surface area contributed by atoms with Crippen molar-refractivity contribution in [3.05, 3.63) is 59.7 Å². The molecule has 1 aliphatic carbocycles. The van der Waals surface area contributed by atoms with Crippen molar-refractivity contribution >= 4 is 11.9 Å². The van der Waals surface area contributed by atoms with Gasteiger partial charge in [-0.1, -0.05) is 30.3 Å². The van der Waals surface area contributed by atoms with Gasteiger partial charge in [0, 0.05) is 5.56 Å². The van der Waals surface area contributed by atoms with Gasteiger partial charge >= 0.3 is 11.9 Å². The molecule has 4 rings (SSSR count). The molecule has 26 heavy (non-hydrogen) atoms. The zero-order chi connectivity index (χ0) is 18.3. The number of hydrogen-bond acceptors (Lipinski definition) is 4. The Hall–Kier alpha value is -3.02. The molecule has 0 radical (unpaired) electrons. The normalized spacial score (nSPS) is 26.3. The van der Waals surface area contributed by atoms with Gasteiger partial charge in [0.05, 0.1) is 11.8 Å². The minimum absolute atomic E-state index is 0.0551. The Morgan fingerprint density at radius 1 is 1.00 bits per heavy atom.